The van der Waals surface area contributed by atoms with Crippen LogP contribution in [-0.2, 0) is 0 Å². The molecule has 100 valence electrons. The summed E-state index contributed by atoms with van der Waals surface area (Å²) in [6.07, 6.45) is 7.56. The molecule has 1 aliphatic rings. The van der Waals surface area contributed by atoms with E-state index in [4.69, 9.17) is 5.84 Å². The first-order valence-corrected chi connectivity index (χ1v) is 6.94. The van der Waals surface area contributed by atoms with Crippen molar-refractivity contribution in [2.75, 3.05) is 13.6 Å². The maximum atomic E-state index is 5.59. The molecule has 3 N–H and O–H groups in total. The second-order valence-electron chi connectivity index (χ2n) is 5.14. The van der Waals surface area contributed by atoms with Crippen LogP contribution in [0.15, 0.2) is 4.99 Å². The Morgan fingerprint density at radius 3 is 2.71 bits per heavy atom. The van der Waals surface area contributed by atoms with Crippen molar-refractivity contribution in [1.29, 1.82) is 0 Å². The highest BCUT2D eigenvalue weighted by Gasteiger charge is 2.26. The quantitative estimate of drug-likeness (QED) is 0.260. The number of aliphatic imine (C=N–C) groups is 1. The van der Waals surface area contributed by atoms with Crippen molar-refractivity contribution < 1.29 is 0 Å². The summed E-state index contributed by atoms with van der Waals surface area (Å²) in [7, 11) is 2.11. The van der Waals surface area contributed by atoms with Crippen LogP contribution in [0.1, 0.15) is 52.4 Å². The summed E-state index contributed by atoms with van der Waals surface area (Å²) in [6, 6.07) is 0.583. The van der Waals surface area contributed by atoms with Crippen molar-refractivity contribution in [2.24, 2.45) is 16.8 Å². The van der Waals surface area contributed by atoms with Crippen LogP contribution in [0.5, 0.6) is 0 Å². The Bertz CT molecular complexity index is 240. The van der Waals surface area contributed by atoms with E-state index in [0.717, 1.165) is 24.8 Å². The van der Waals surface area contributed by atoms with Gasteiger partial charge in [0.25, 0.3) is 0 Å². The number of guanidine groups is 1. The molecule has 1 aliphatic carbocycles. The van der Waals surface area contributed by atoms with Gasteiger partial charge in [-0.25, -0.2) is 5.84 Å². The number of nitrogens with two attached hydrogens (primary N) is 1. The smallest absolute Gasteiger partial charge is 0.208 e. The van der Waals surface area contributed by atoms with Crippen molar-refractivity contribution in [2.45, 2.75) is 58.4 Å². The van der Waals surface area contributed by atoms with Crippen LogP contribution in [-0.4, -0.2) is 30.5 Å². The molecular weight excluding hydrogens is 212 g/mol. The number of nitrogens with one attached hydrogen (secondary N) is 1. The van der Waals surface area contributed by atoms with Crippen molar-refractivity contribution in [3.63, 3.8) is 0 Å². The average Bonchev–Trinajstić information content (AvgIpc) is 2.35. The molecule has 0 aromatic heterocycles. The predicted molar refractivity (Wildman–Crippen MR) is 73.7 cm³/mol. The molecule has 1 rings (SSSR count). The van der Waals surface area contributed by atoms with Gasteiger partial charge < -0.3 is 4.90 Å². The molecule has 17 heavy (non-hydrogen) atoms. The molecule has 0 aromatic carbocycles. The number of nitrogens with zero attached hydrogens (tertiary/aromatic N) is 2. The largest absolute Gasteiger partial charge is 0.342 e. The minimum absolute atomic E-state index is 0.583. The highest BCUT2D eigenvalue weighted by molar-refractivity contribution is 5.79. The summed E-state index contributed by atoms with van der Waals surface area (Å²) >= 11 is 0. The van der Waals surface area contributed by atoms with Crippen LogP contribution in [0.3, 0.4) is 0 Å². The standard InChI is InChI=1S/C13H28N4/c1-4-5-10-15-13(16-14)17(3)12-9-7-6-8-11(12)2/h11-12H,4-10,14H2,1-3H3,(H,15,16). The van der Waals surface area contributed by atoms with E-state index in [1.807, 2.05) is 0 Å². The van der Waals surface area contributed by atoms with Crippen LogP contribution >= 0.6 is 0 Å². The molecule has 0 amide bonds. The average molecular weight is 240 g/mol. The maximum Gasteiger partial charge on any atom is 0.208 e. The number of rotatable bonds is 4. The van der Waals surface area contributed by atoms with Gasteiger partial charge >= 0.3 is 0 Å². The van der Waals surface area contributed by atoms with E-state index in [1.165, 1.54) is 32.1 Å². The van der Waals surface area contributed by atoms with Gasteiger partial charge in [-0.1, -0.05) is 33.1 Å². The van der Waals surface area contributed by atoms with E-state index in [2.05, 4.69) is 36.2 Å². The third kappa shape index (κ3) is 4.19. The summed E-state index contributed by atoms with van der Waals surface area (Å²) < 4.78 is 0. The number of hydrogen-bond donors (Lipinski definition) is 2. The summed E-state index contributed by atoms with van der Waals surface area (Å²) in [5, 5.41) is 0. The molecule has 0 bridgehead atoms. The molecule has 1 fully saturated rings. The fraction of sp³-hybridized carbons (Fsp3) is 0.923. The lowest BCUT2D eigenvalue weighted by molar-refractivity contribution is 0.200. The topological polar surface area (TPSA) is 53.6 Å². The number of hydrazine groups is 1. The lowest BCUT2D eigenvalue weighted by Gasteiger charge is -2.37. The third-order valence-electron chi connectivity index (χ3n) is 3.80. The van der Waals surface area contributed by atoms with Gasteiger partial charge in [0.2, 0.25) is 5.96 Å². The molecule has 4 nitrogen and oxygen atoms in total. The van der Waals surface area contributed by atoms with Crippen molar-refractivity contribution >= 4 is 5.96 Å². The lowest BCUT2D eigenvalue weighted by Crippen LogP contribution is -2.50. The molecule has 2 atom stereocenters. The number of unbranched alkanes of at least 4 members (excludes halogenated alkanes) is 1. The van der Waals surface area contributed by atoms with Gasteiger partial charge in [0.05, 0.1) is 0 Å². The molecule has 0 heterocycles. The Labute approximate surface area is 106 Å². The van der Waals surface area contributed by atoms with Crippen LogP contribution in [0.2, 0.25) is 0 Å². The first-order valence-electron chi connectivity index (χ1n) is 6.94. The zero-order valence-electron chi connectivity index (χ0n) is 11.6. The minimum atomic E-state index is 0.583. The maximum absolute atomic E-state index is 5.59. The normalized spacial score (nSPS) is 25.8. The van der Waals surface area contributed by atoms with E-state index in [-0.39, 0.29) is 0 Å². The van der Waals surface area contributed by atoms with Gasteiger partial charge in [-0.2, -0.15) is 0 Å². The van der Waals surface area contributed by atoms with Gasteiger partial charge in [-0.15, -0.1) is 0 Å². The van der Waals surface area contributed by atoms with E-state index < -0.39 is 0 Å². The van der Waals surface area contributed by atoms with Gasteiger partial charge in [0.1, 0.15) is 0 Å². The zero-order chi connectivity index (χ0) is 12.7. The summed E-state index contributed by atoms with van der Waals surface area (Å²) in [6.45, 7) is 5.37. The third-order valence-corrected chi connectivity index (χ3v) is 3.80. The van der Waals surface area contributed by atoms with E-state index in [9.17, 15) is 0 Å². The second kappa shape index (κ2) is 7.54. The minimum Gasteiger partial charge on any atom is -0.342 e. The van der Waals surface area contributed by atoms with Crippen LogP contribution in [0.25, 0.3) is 0 Å². The molecule has 0 aliphatic heterocycles. The Kier molecular flexibility index (Phi) is 6.34. The fourth-order valence-corrected chi connectivity index (χ4v) is 2.63. The Hall–Kier alpha value is -0.770. The first kappa shape index (κ1) is 14.3. The van der Waals surface area contributed by atoms with Crippen molar-refractivity contribution in [1.82, 2.24) is 10.3 Å². The van der Waals surface area contributed by atoms with Crippen LogP contribution in [0, 0.1) is 5.92 Å². The molecular formula is C13H28N4. The Morgan fingerprint density at radius 2 is 2.12 bits per heavy atom. The van der Waals surface area contributed by atoms with Gasteiger partial charge in [0, 0.05) is 19.6 Å². The Balaban J connectivity index is 2.57. The highest BCUT2D eigenvalue weighted by Crippen LogP contribution is 2.27. The summed E-state index contributed by atoms with van der Waals surface area (Å²) in [5.41, 5.74) is 2.75. The van der Waals surface area contributed by atoms with Crippen molar-refractivity contribution in [3.05, 3.63) is 0 Å². The lowest BCUT2D eigenvalue weighted by atomic mass is 9.85. The second-order valence-corrected chi connectivity index (χ2v) is 5.14. The van der Waals surface area contributed by atoms with Crippen molar-refractivity contribution in [3.8, 4) is 0 Å². The fourth-order valence-electron chi connectivity index (χ4n) is 2.63. The highest BCUT2D eigenvalue weighted by atomic mass is 15.4. The first-order chi connectivity index (χ1) is 8.20. The molecule has 1 saturated carbocycles. The molecule has 0 aromatic rings. The van der Waals surface area contributed by atoms with E-state index in [0.29, 0.717) is 6.04 Å². The predicted octanol–water partition coefficient (Wildman–Crippen LogP) is 2.12. The molecule has 2 unspecified atom stereocenters. The van der Waals surface area contributed by atoms with Gasteiger partial charge in [0.15, 0.2) is 0 Å². The SMILES string of the molecule is CCCCN=C(NN)N(C)C1CCCCC1C. The van der Waals surface area contributed by atoms with E-state index in [1.54, 1.807) is 0 Å². The molecule has 0 spiro atoms. The molecule has 0 saturated heterocycles. The van der Waals surface area contributed by atoms with E-state index >= 15 is 0 Å². The molecule has 4 heteroatoms. The van der Waals surface area contributed by atoms with Crippen LogP contribution in [0.4, 0.5) is 0 Å². The number of hydrogen-bond acceptors (Lipinski definition) is 2. The molecule has 0 radical (unpaired) electrons. The van der Waals surface area contributed by atoms with Gasteiger partial charge in [-0.05, 0) is 25.2 Å². The van der Waals surface area contributed by atoms with Crippen LogP contribution < -0.4 is 11.3 Å². The zero-order valence-corrected chi connectivity index (χ0v) is 11.6. The Morgan fingerprint density at radius 1 is 1.41 bits per heavy atom. The summed E-state index contributed by atoms with van der Waals surface area (Å²) in [5.74, 6) is 7.16. The summed E-state index contributed by atoms with van der Waals surface area (Å²) in [4.78, 5) is 6.78. The van der Waals surface area contributed by atoms with Gasteiger partial charge in [-0.3, -0.25) is 10.4 Å². The monoisotopic (exact) mass is 240 g/mol.